The van der Waals surface area contributed by atoms with Gasteiger partial charge in [-0.1, -0.05) is 164 Å². The molecule has 0 N–H and O–H groups in total. The maximum absolute atomic E-state index is 2.46. The molecule has 4 aliphatic carbocycles. The van der Waals surface area contributed by atoms with Gasteiger partial charge in [-0.3, -0.25) is 0 Å². The Bertz CT molecular complexity index is 897. The Morgan fingerprint density at radius 1 is 0.444 bits per heavy atom. The van der Waals surface area contributed by atoms with E-state index in [-0.39, 0.29) is 0 Å². The first kappa shape index (κ1) is 42.0. The van der Waals surface area contributed by atoms with Crippen LogP contribution in [0.15, 0.2) is 46.6 Å². The van der Waals surface area contributed by atoms with E-state index >= 15 is 0 Å². The molecule has 0 nitrogen and oxygen atoms in total. The van der Waals surface area contributed by atoms with Crippen LogP contribution in [0.3, 0.4) is 0 Å². The van der Waals surface area contributed by atoms with Crippen LogP contribution in [0.1, 0.15) is 195 Å². The molecule has 0 fully saturated rings. The summed E-state index contributed by atoms with van der Waals surface area (Å²) in [5.74, 6) is 2.75. The van der Waals surface area contributed by atoms with Crippen LogP contribution >= 0.6 is 0 Å². The highest BCUT2D eigenvalue weighted by Crippen LogP contribution is 2.41. The van der Waals surface area contributed by atoms with Crippen molar-refractivity contribution < 1.29 is 0 Å². The Morgan fingerprint density at radius 3 is 0.889 bits per heavy atom. The predicted octanol–water partition coefficient (Wildman–Crippen LogP) is 15.5. The van der Waals surface area contributed by atoms with E-state index in [0.717, 1.165) is 17.8 Å². The fourth-order valence-electron chi connectivity index (χ4n) is 6.70. The highest BCUT2D eigenvalue weighted by Gasteiger charge is 2.26. The van der Waals surface area contributed by atoms with Crippen molar-refractivity contribution in [3.8, 4) is 0 Å². The Hall–Kier alpha value is -1.04. The van der Waals surface area contributed by atoms with Crippen LogP contribution < -0.4 is 0 Å². The molecule has 0 saturated heterocycles. The molecule has 0 aromatic heterocycles. The Balaban J connectivity index is 0.000000300. The molecule has 0 aromatic rings. The lowest BCUT2D eigenvalue weighted by Crippen LogP contribution is -2.20. The van der Waals surface area contributed by atoms with Gasteiger partial charge in [-0.25, -0.2) is 0 Å². The zero-order valence-electron chi connectivity index (χ0n) is 34.0. The van der Waals surface area contributed by atoms with Crippen molar-refractivity contribution in [3.05, 3.63) is 46.6 Å². The first-order valence-electron chi connectivity index (χ1n) is 19.1. The van der Waals surface area contributed by atoms with Gasteiger partial charge >= 0.3 is 0 Å². The highest BCUT2D eigenvalue weighted by atomic mass is 14.3. The quantitative estimate of drug-likeness (QED) is 0.236. The molecule has 0 heteroatoms. The van der Waals surface area contributed by atoms with Crippen LogP contribution in [0.2, 0.25) is 0 Å². The van der Waals surface area contributed by atoms with Crippen LogP contribution in [0.5, 0.6) is 0 Å². The van der Waals surface area contributed by atoms with E-state index < -0.39 is 0 Å². The van der Waals surface area contributed by atoms with Crippen LogP contribution in [-0.4, -0.2) is 0 Å². The van der Waals surface area contributed by atoms with Gasteiger partial charge in [0.15, 0.2) is 0 Å². The minimum Gasteiger partial charge on any atom is -0.0845 e. The number of hydrogen-bond acceptors (Lipinski definition) is 0. The SMILES string of the molecule is CC1(C)CC=C(C(C)(C)C)CC1.CC1CC=C(C(C)(C)C)CC1.C[C@@H]1CC=C(C(C)(C)C)CC1.C[C@H]1CC=C(C(C)(C)C)CC1. The molecule has 4 aliphatic rings. The van der Waals surface area contributed by atoms with E-state index in [9.17, 15) is 0 Å². The highest BCUT2D eigenvalue weighted by molar-refractivity contribution is 5.16. The molecular weight excluding hydrogens is 540 g/mol. The summed E-state index contributed by atoms with van der Waals surface area (Å²) in [4.78, 5) is 0. The van der Waals surface area contributed by atoms with Crippen LogP contribution in [0, 0.1) is 44.8 Å². The first-order valence-corrected chi connectivity index (χ1v) is 19.1. The molecule has 1 unspecified atom stereocenters. The van der Waals surface area contributed by atoms with Gasteiger partial charge in [-0.15, -0.1) is 0 Å². The normalized spacial score (nSPS) is 25.8. The summed E-state index contributed by atoms with van der Waals surface area (Å²) in [6.45, 7) is 39.5. The summed E-state index contributed by atoms with van der Waals surface area (Å²) in [6.07, 6.45) is 25.8. The Kier molecular flexibility index (Phi) is 16.2. The Labute approximate surface area is 285 Å². The van der Waals surface area contributed by atoms with Gasteiger partial charge in [0.25, 0.3) is 0 Å². The summed E-state index contributed by atoms with van der Waals surface area (Å²) in [5.41, 5.74) is 8.84. The van der Waals surface area contributed by atoms with E-state index in [2.05, 4.69) is 142 Å². The molecule has 45 heavy (non-hydrogen) atoms. The molecule has 0 aromatic carbocycles. The maximum Gasteiger partial charge on any atom is -0.0173 e. The van der Waals surface area contributed by atoms with Crippen molar-refractivity contribution in [2.45, 2.75) is 195 Å². The molecule has 262 valence electrons. The minimum absolute atomic E-state index is 0.399. The molecule has 4 rings (SSSR count). The zero-order valence-corrected chi connectivity index (χ0v) is 34.0. The second kappa shape index (κ2) is 17.4. The first-order chi connectivity index (χ1) is 20.3. The van der Waals surface area contributed by atoms with E-state index in [1.54, 1.807) is 22.3 Å². The minimum atomic E-state index is 0.399. The lowest BCUT2D eigenvalue weighted by Gasteiger charge is -2.33. The van der Waals surface area contributed by atoms with Crippen molar-refractivity contribution in [1.82, 2.24) is 0 Å². The predicted molar refractivity (Wildman–Crippen MR) is 207 cm³/mol. The summed E-state index contributed by atoms with van der Waals surface area (Å²) in [6, 6.07) is 0. The van der Waals surface area contributed by atoms with Gasteiger partial charge in [-0.05, 0) is 122 Å². The van der Waals surface area contributed by atoms with Gasteiger partial charge in [0.1, 0.15) is 0 Å². The molecule has 0 radical (unpaired) electrons. The standard InChI is InChI=1S/C12H22.3C11H20/c1-11(2,3)10-6-8-12(4,5)9-7-10;3*1-9-5-7-10(8-6-9)11(2,3)4/h6H,7-9H2,1-5H3;3*7,9H,5-6,8H2,1-4H3/t;2*9-;/m.10./s1. The molecule has 0 bridgehead atoms. The lowest BCUT2D eigenvalue weighted by molar-refractivity contribution is 0.303. The summed E-state index contributed by atoms with van der Waals surface area (Å²) < 4.78 is 0. The largest absolute Gasteiger partial charge is 0.0845 e. The topological polar surface area (TPSA) is 0 Å². The average Bonchev–Trinajstić information content (AvgIpc) is 2.88. The van der Waals surface area contributed by atoms with Crippen molar-refractivity contribution >= 4 is 0 Å². The smallest absolute Gasteiger partial charge is 0.0173 e. The van der Waals surface area contributed by atoms with Crippen LogP contribution in [0.25, 0.3) is 0 Å². The molecule has 0 amide bonds. The molecule has 0 heterocycles. The number of hydrogen-bond donors (Lipinski definition) is 0. The fraction of sp³-hybridized carbons (Fsp3) is 0.822. The molecule has 0 saturated carbocycles. The summed E-state index contributed by atoms with van der Waals surface area (Å²) >= 11 is 0. The fourth-order valence-corrected chi connectivity index (χ4v) is 6.70. The number of allylic oxidation sites excluding steroid dienone is 8. The van der Waals surface area contributed by atoms with Crippen molar-refractivity contribution in [2.75, 3.05) is 0 Å². The van der Waals surface area contributed by atoms with Gasteiger partial charge in [-0.2, -0.15) is 0 Å². The van der Waals surface area contributed by atoms with E-state index in [4.69, 9.17) is 0 Å². The monoisotopic (exact) mass is 623 g/mol. The third-order valence-electron chi connectivity index (χ3n) is 10.8. The van der Waals surface area contributed by atoms with Crippen molar-refractivity contribution in [3.63, 3.8) is 0 Å². The van der Waals surface area contributed by atoms with E-state index in [1.807, 2.05) is 0 Å². The summed E-state index contributed by atoms with van der Waals surface area (Å²) in [7, 11) is 0. The van der Waals surface area contributed by atoms with Crippen LogP contribution in [0.4, 0.5) is 0 Å². The van der Waals surface area contributed by atoms with E-state index in [0.29, 0.717) is 27.1 Å². The van der Waals surface area contributed by atoms with Crippen LogP contribution in [-0.2, 0) is 0 Å². The van der Waals surface area contributed by atoms with Crippen molar-refractivity contribution in [2.24, 2.45) is 44.8 Å². The zero-order chi connectivity index (χ0) is 34.9. The summed E-state index contributed by atoms with van der Waals surface area (Å²) in [5, 5.41) is 0. The Morgan fingerprint density at radius 2 is 0.711 bits per heavy atom. The van der Waals surface area contributed by atoms with E-state index in [1.165, 1.54) is 77.0 Å². The molecular formula is C45H82. The van der Waals surface area contributed by atoms with Gasteiger partial charge in [0, 0.05) is 0 Å². The van der Waals surface area contributed by atoms with Gasteiger partial charge in [0.2, 0.25) is 0 Å². The third kappa shape index (κ3) is 17.1. The molecule has 3 atom stereocenters. The van der Waals surface area contributed by atoms with Gasteiger partial charge < -0.3 is 0 Å². The average molecular weight is 623 g/mol. The number of rotatable bonds is 0. The van der Waals surface area contributed by atoms with Gasteiger partial charge in [0.05, 0.1) is 0 Å². The molecule has 0 spiro atoms. The molecule has 0 aliphatic heterocycles. The second-order valence-corrected chi connectivity index (χ2v) is 20.4. The second-order valence-electron chi connectivity index (χ2n) is 20.4. The van der Waals surface area contributed by atoms with Crippen molar-refractivity contribution in [1.29, 1.82) is 0 Å². The maximum atomic E-state index is 2.46. The lowest BCUT2D eigenvalue weighted by atomic mass is 9.72. The third-order valence-corrected chi connectivity index (χ3v) is 10.8.